The van der Waals surface area contributed by atoms with Gasteiger partial charge in [0.1, 0.15) is 11.8 Å². The lowest BCUT2D eigenvalue weighted by Crippen LogP contribution is -2.28. The molecule has 10 heteroatoms. The van der Waals surface area contributed by atoms with Crippen LogP contribution >= 0.6 is 0 Å². The molecule has 0 saturated carbocycles. The first-order valence-corrected chi connectivity index (χ1v) is 8.93. The van der Waals surface area contributed by atoms with Gasteiger partial charge in [0.25, 0.3) is 5.91 Å². The van der Waals surface area contributed by atoms with Gasteiger partial charge in [-0.2, -0.15) is 4.98 Å². The molecule has 30 heavy (non-hydrogen) atoms. The predicted octanol–water partition coefficient (Wildman–Crippen LogP) is 2.57. The molecule has 0 spiro atoms. The molecule has 0 radical (unpaired) electrons. The number of hydrogen-bond acceptors (Lipinski definition) is 9. The Labute approximate surface area is 172 Å². The van der Waals surface area contributed by atoms with Crippen molar-refractivity contribution in [3.8, 4) is 28.6 Å². The summed E-state index contributed by atoms with van der Waals surface area (Å²) >= 11 is 0. The molecule has 156 valence electrons. The molecule has 0 aliphatic heterocycles. The van der Waals surface area contributed by atoms with Gasteiger partial charge >= 0.3 is 5.97 Å². The van der Waals surface area contributed by atoms with E-state index in [-0.39, 0.29) is 23.1 Å². The third-order valence-corrected chi connectivity index (χ3v) is 4.06. The zero-order chi connectivity index (χ0) is 21.7. The molecule has 0 aliphatic rings. The van der Waals surface area contributed by atoms with Crippen LogP contribution in [-0.4, -0.2) is 41.2 Å². The zero-order valence-electron chi connectivity index (χ0n) is 16.8. The lowest BCUT2D eigenvalue weighted by Gasteiger charge is -2.13. The van der Waals surface area contributed by atoms with E-state index < -0.39 is 17.9 Å². The van der Waals surface area contributed by atoms with Gasteiger partial charge < -0.3 is 24.1 Å². The van der Waals surface area contributed by atoms with E-state index in [1.54, 1.807) is 38.3 Å². The van der Waals surface area contributed by atoms with Crippen molar-refractivity contribution in [2.24, 2.45) is 0 Å². The van der Waals surface area contributed by atoms with E-state index in [1.807, 2.05) is 0 Å². The number of rotatable bonds is 7. The van der Waals surface area contributed by atoms with Gasteiger partial charge in [-0.15, -0.1) is 0 Å². The number of aromatic nitrogens is 3. The summed E-state index contributed by atoms with van der Waals surface area (Å²) in [5, 5.41) is 6.64. The Bertz CT molecular complexity index is 1050. The average molecular weight is 412 g/mol. The quantitative estimate of drug-likeness (QED) is 0.583. The Morgan fingerprint density at radius 2 is 1.83 bits per heavy atom. The first-order valence-electron chi connectivity index (χ1n) is 8.93. The second kappa shape index (κ2) is 9.03. The highest BCUT2D eigenvalue weighted by Gasteiger charge is 2.24. The fourth-order valence-corrected chi connectivity index (χ4v) is 2.59. The van der Waals surface area contributed by atoms with Crippen LogP contribution in [0.4, 0.5) is 0 Å². The van der Waals surface area contributed by atoms with Crippen molar-refractivity contribution in [3.05, 3.63) is 48.1 Å². The third kappa shape index (κ3) is 4.54. The van der Waals surface area contributed by atoms with Crippen LogP contribution < -0.4 is 19.5 Å². The number of esters is 1. The molecule has 0 fully saturated rings. The van der Waals surface area contributed by atoms with Crippen LogP contribution in [0.5, 0.6) is 17.2 Å². The maximum absolute atomic E-state index is 12.7. The minimum absolute atomic E-state index is 0.0679. The molecule has 1 amide bonds. The van der Waals surface area contributed by atoms with Crippen LogP contribution in [0.2, 0.25) is 0 Å². The van der Waals surface area contributed by atoms with E-state index >= 15 is 0 Å². The Balaban J connectivity index is 1.78. The van der Waals surface area contributed by atoms with Crippen LogP contribution in [0.25, 0.3) is 11.4 Å². The predicted molar refractivity (Wildman–Crippen MR) is 104 cm³/mol. The molecule has 0 aliphatic carbocycles. The van der Waals surface area contributed by atoms with Crippen LogP contribution in [0.15, 0.2) is 41.1 Å². The molecular formula is C20H20N4O6. The fourth-order valence-electron chi connectivity index (χ4n) is 2.59. The Kier molecular flexibility index (Phi) is 6.26. The number of benzene rings is 1. The number of amides is 1. The maximum atomic E-state index is 12.7. The standard InChI is InChI=1S/C20H20N4O6/c1-11(20-23-18(24-30-20)13-5-7-14(27-3)8-6-13)22-19(26)16-17(29-12(2)25)15(28-4)9-10-21-16/h5-11H,1-4H3,(H,22,26)/t11-/m0/s1. The monoisotopic (exact) mass is 412 g/mol. The fraction of sp³-hybridized carbons (Fsp3) is 0.250. The second-order valence-electron chi connectivity index (χ2n) is 6.16. The molecule has 3 rings (SSSR count). The van der Waals surface area contributed by atoms with E-state index in [0.717, 1.165) is 5.56 Å². The second-order valence-corrected chi connectivity index (χ2v) is 6.16. The van der Waals surface area contributed by atoms with E-state index in [4.69, 9.17) is 18.7 Å². The maximum Gasteiger partial charge on any atom is 0.308 e. The molecule has 1 N–H and O–H groups in total. The van der Waals surface area contributed by atoms with Gasteiger partial charge in [0.2, 0.25) is 17.5 Å². The van der Waals surface area contributed by atoms with Gasteiger partial charge in [0.05, 0.1) is 14.2 Å². The molecule has 0 unspecified atom stereocenters. The number of ether oxygens (including phenoxy) is 3. The van der Waals surface area contributed by atoms with E-state index in [1.165, 1.54) is 26.3 Å². The van der Waals surface area contributed by atoms with Crippen LogP contribution in [0.3, 0.4) is 0 Å². The van der Waals surface area contributed by atoms with Crippen molar-refractivity contribution < 1.29 is 28.3 Å². The molecule has 2 heterocycles. The minimum Gasteiger partial charge on any atom is -0.497 e. The summed E-state index contributed by atoms with van der Waals surface area (Å²) in [6.45, 7) is 2.89. The molecule has 1 atom stereocenters. The summed E-state index contributed by atoms with van der Waals surface area (Å²) in [5.41, 5.74) is 0.627. The van der Waals surface area contributed by atoms with Crippen molar-refractivity contribution in [2.45, 2.75) is 19.9 Å². The Morgan fingerprint density at radius 3 is 2.47 bits per heavy atom. The number of nitrogens with one attached hydrogen (secondary N) is 1. The van der Waals surface area contributed by atoms with Gasteiger partial charge in [-0.3, -0.25) is 9.59 Å². The number of carbonyl (C=O) groups is 2. The highest BCUT2D eigenvalue weighted by Crippen LogP contribution is 2.30. The van der Waals surface area contributed by atoms with Crippen molar-refractivity contribution in [1.82, 2.24) is 20.4 Å². The SMILES string of the molecule is COc1ccc(-c2noc([C@H](C)NC(=O)c3nccc(OC)c3OC(C)=O)n2)cc1. The van der Waals surface area contributed by atoms with Crippen LogP contribution in [0, 0.1) is 0 Å². The number of methoxy groups -OCH3 is 2. The summed E-state index contributed by atoms with van der Waals surface area (Å²) in [6.07, 6.45) is 1.37. The van der Waals surface area contributed by atoms with Gasteiger partial charge in [0, 0.05) is 24.8 Å². The summed E-state index contributed by atoms with van der Waals surface area (Å²) < 4.78 is 20.7. The van der Waals surface area contributed by atoms with E-state index in [9.17, 15) is 9.59 Å². The van der Waals surface area contributed by atoms with Gasteiger partial charge in [0.15, 0.2) is 11.4 Å². The van der Waals surface area contributed by atoms with Crippen molar-refractivity contribution in [1.29, 1.82) is 0 Å². The number of carbonyl (C=O) groups excluding carboxylic acids is 2. The van der Waals surface area contributed by atoms with Crippen LogP contribution in [-0.2, 0) is 4.79 Å². The normalized spacial score (nSPS) is 11.5. The van der Waals surface area contributed by atoms with Gasteiger partial charge in [-0.25, -0.2) is 4.98 Å². The number of pyridine rings is 1. The molecule has 1 aromatic carbocycles. The highest BCUT2D eigenvalue weighted by atomic mass is 16.6. The summed E-state index contributed by atoms with van der Waals surface area (Å²) in [6, 6.07) is 8.00. The topological polar surface area (TPSA) is 126 Å². The third-order valence-electron chi connectivity index (χ3n) is 4.06. The number of nitrogens with zero attached hydrogens (tertiary/aromatic N) is 3. The Hall–Kier alpha value is -3.95. The summed E-state index contributed by atoms with van der Waals surface area (Å²) in [5.74, 6) is 0.211. The highest BCUT2D eigenvalue weighted by molar-refractivity contribution is 5.96. The summed E-state index contributed by atoms with van der Waals surface area (Å²) in [4.78, 5) is 32.5. The van der Waals surface area contributed by atoms with Crippen molar-refractivity contribution in [3.63, 3.8) is 0 Å². The lowest BCUT2D eigenvalue weighted by molar-refractivity contribution is -0.132. The molecule has 0 bridgehead atoms. The van der Waals surface area contributed by atoms with Gasteiger partial charge in [-0.1, -0.05) is 5.16 Å². The van der Waals surface area contributed by atoms with Crippen molar-refractivity contribution >= 4 is 11.9 Å². The average Bonchev–Trinajstić information content (AvgIpc) is 3.24. The molecule has 10 nitrogen and oxygen atoms in total. The smallest absolute Gasteiger partial charge is 0.308 e. The van der Waals surface area contributed by atoms with E-state index in [0.29, 0.717) is 11.6 Å². The van der Waals surface area contributed by atoms with Crippen molar-refractivity contribution in [2.75, 3.05) is 14.2 Å². The number of hydrogen-bond donors (Lipinski definition) is 1. The molecular weight excluding hydrogens is 392 g/mol. The lowest BCUT2D eigenvalue weighted by atomic mass is 10.2. The zero-order valence-corrected chi connectivity index (χ0v) is 16.8. The molecule has 3 aromatic rings. The summed E-state index contributed by atoms with van der Waals surface area (Å²) in [7, 11) is 2.97. The Morgan fingerprint density at radius 1 is 1.10 bits per heavy atom. The molecule has 2 aromatic heterocycles. The first-order chi connectivity index (χ1) is 14.4. The minimum atomic E-state index is -0.629. The van der Waals surface area contributed by atoms with E-state index in [2.05, 4.69) is 20.4 Å². The first kappa shape index (κ1) is 20.8. The van der Waals surface area contributed by atoms with Gasteiger partial charge in [-0.05, 0) is 31.2 Å². The molecule has 0 saturated heterocycles. The largest absolute Gasteiger partial charge is 0.497 e. The van der Waals surface area contributed by atoms with Crippen LogP contribution in [0.1, 0.15) is 36.3 Å².